The quantitative estimate of drug-likeness (QED) is 0.116. The number of hydrogen-bond acceptors (Lipinski definition) is 0. The van der Waals surface area contributed by atoms with E-state index in [1.807, 2.05) is 6.92 Å². The highest BCUT2D eigenvalue weighted by Crippen LogP contribution is 2.44. The van der Waals surface area contributed by atoms with Crippen LogP contribution in [0.15, 0.2) is 23.8 Å². The number of fused-ring (bicyclic) bond motifs is 3. The minimum atomic E-state index is -1.05. The lowest BCUT2D eigenvalue weighted by Crippen LogP contribution is -2.23. The Kier molecular flexibility index (Phi) is 10.3. The first-order chi connectivity index (χ1) is 19.9. The number of aryl methyl sites for hydroxylation is 2. The van der Waals surface area contributed by atoms with E-state index < -0.39 is 23.3 Å². The third kappa shape index (κ3) is 6.78. The first-order valence-corrected chi connectivity index (χ1v) is 16.6. The van der Waals surface area contributed by atoms with Crippen LogP contribution < -0.4 is 0 Å². The van der Waals surface area contributed by atoms with Gasteiger partial charge in [0, 0.05) is 11.1 Å². The van der Waals surface area contributed by atoms with Crippen LogP contribution in [0.25, 0.3) is 11.1 Å². The predicted molar refractivity (Wildman–Crippen MR) is 161 cm³/mol. The van der Waals surface area contributed by atoms with Crippen LogP contribution in [0.2, 0.25) is 0 Å². The van der Waals surface area contributed by atoms with Crippen LogP contribution in [0.1, 0.15) is 132 Å². The topological polar surface area (TPSA) is 0 Å². The first kappa shape index (κ1) is 30.4. The zero-order chi connectivity index (χ0) is 28.9. The van der Waals surface area contributed by atoms with Gasteiger partial charge in [0.15, 0.2) is 23.3 Å². The standard InChI is InChI=1S/C37H48F4/c1-3-5-6-10-24-13-17-26(18-14-24)27-19-15-25(16-20-27)11-7-8-12-29-22-31-23-30-21-28(9-4-2)34(38)36(40)32(30)33(31)37(41)35(29)39/h15,21-22,24,26-27H,3-14,16-20,23H2,1-2H3. The second-order valence-corrected chi connectivity index (χ2v) is 13.2. The van der Waals surface area contributed by atoms with Gasteiger partial charge in [-0.15, -0.1) is 0 Å². The lowest BCUT2D eigenvalue weighted by molar-refractivity contribution is 0.185. The van der Waals surface area contributed by atoms with Crippen molar-refractivity contribution in [3.8, 4) is 11.1 Å². The van der Waals surface area contributed by atoms with E-state index in [0.717, 1.165) is 37.0 Å². The average Bonchev–Trinajstić information content (AvgIpc) is 3.35. The van der Waals surface area contributed by atoms with Crippen molar-refractivity contribution >= 4 is 0 Å². The van der Waals surface area contributed by atoms with Crippen LogP contribution in [-0.4, -0.2) is 0 Å². The van der Waals surface area contributed by atoms with Gasteiger partial charge in [-0.3, -0.25) is 0 Å². The summed E-state index contributed by atoms with van der Waals surface area (Å²) in [5, 5.41) is 0. The Balaban J connectivity index is 1.11. The Hall–Kier alpha value is -2.10. The van der Waals surface area contributed by atoms with Crippen molar-refractivity contribution in [2.75, 3.05) is 0 Å². The predicted octanol–water partition coefficient (Wildman–Crippen LogP) is 11.6. The van der Waals surface area contributed by atoms with Crippen LogP contribution in [0, 0.1) is 41.0 Å². The molecule has 2 aromatic rings. The third-order valence-electron chi connectivity index (χ3n) is 10.4. The summed E-state index contributed by atoms with van der Waals surface area (Å²) in [6.07, 6.45) is 22.1. The van der Waals surface area contributed by atoms with Gasteiger partial charge >= 0.3 is 0 Å². The molecule has 0 aliphatic heterocycles. The van der Waals surface area contributed by atoms with E-state index in [4.69, 9.17) is 0 Å². The molecule has 0 bridgehead atoms. The number of unbranched alkanes of at least 4 members (excludes halogenated alkanes) is 3. The second kappa shape index (κ2) is 13.9. The summed E-state index contributed by atoms with van der Waals surface area (Å²) >= 11 is 0. The Bertz CT molecular complexity index is 1230. The smallest absolute Gasteiger partial charge is 0.167 e. The molecular weight excluding hydrogens is 520 g/mol. The van der Waals surface area contributed by atoms with Crippen LogP contribution >= 0.6 is 0 Å². The van der Waals surface area contributed by atoms with Crippen LogP contribution in [-0.2, 0) is 19.3 Å². The SMILES string of the molecule is CCCCCC1CCC(C2CC=C(CCCCc3cc4c(c(F)c3F)-c3c(cc(CCC)c(F)c3F)C4)CC2)CC1. The molecule has 1 unspecified atom stereocenters. The van der Waals surface area contributed by atoms with E-state index in [9.17, 15) is 8.78 Å². The van der Waals surface area contributed by atoms with Crippen molar-refractivity contribution in [3.63, 3.8) is 0 Å². The van der Waals surface area contributed by atoms with Gasteiger partial charge in [-0.1, -0.05) is 82.6 Å². The zero-order valence-corrected chi connectivity index (χ0v) is 25.2. The number of rotatable bonds is 12. The Labute approximate surface area is 245 Å². The Morgan fingerprint density at radius 1 is 0.634 bits per heavy atom. The monoisotopic (exact) mass is 568 g/mol. The maximum Gasteiger partial charge on any atom is 0.167 e. The molecule has 0 radical (unpaired) electrons. The van der Waals surface area contributed by atoms with Gasteiger partial charge in [-0.2, -0.15) is 0 Å². The third-order valence-corrected chi connectivity index (χ3v) is 10.4. The molecule has 0 saturated heterocycles. The zero-order valence-electron chi connectivity index (χ0n) is 25.2. The number of hydrogen-bond donors (Lipinski definition) is 0. The Morgan fingerprint density at radius 2 is 1.27 bits per heavy atom. The maximum atomic E-state index is 15.2. The van der Waals surface area contributed by atoms with Gasteiger partial charge < -0.3 is 0 Å². The van der Waals surface area contributed by atoms with Gasteiger partial charge in [0.2, 0.25) is 0 Å². The van der Waals surface area contributed by atoms with Crippen LogP contribution in [0.3, 0.4) is 0 Å². The van der Waals surface area contributed by atoms with Crippen molar-refractivity contribution < 1.29 is 17.6 Å². The Morgan fingerprint density at radius 3 is 1.85 bits per heavy atom. The largest absolute Gasteiger partial charge is 0.203 e. The molecule has 224 valence electrons. The fraction of sp³-hybridized carbons (Fsp3) is 0.622. The second-order valence-electron chi connectivity index (χ2n) is 13.2. The highest BCUT2D eigenvalue weighted by molar-refractivity contribution is 5.79. The summed E-state index contributed by atoms with van der Waals surface area (Å²) in [5.74, 6) is -1.21. The molecule has 3 aliphatic rings. The van der Waals surface area contributed by atoms with Crippen molar-refractivity contribution in [2.45, 2.75) is 129 Å². The highest BCUT2D eigenvalue weighted by atomic mass is 19.2. The van der Waals surface area contributed by atoms with Crippen molar-refractivity contribution in [1.82, 2.24) is 0 Å². The van der Waals surface area contributed by atoms with Crippen molar-refractivity contribution in [2.24, 2.45) is 17.8 Å². The number of benzene rings is 2. The van der Waals surface area contributed by atoms with E-state index >= 15 is 8.78 Å². The maximum absolute atomic E-state index is 15.2. The van der Waals surface area contributed by atoms with Gasteiger partial charge in [-0.25, -0.2) is 17.6 Å². The molecule has 1 saturated carbocycles. The normalized spacial score (nSPS) is 22.0. The fourth-order valence-electron chi connectivity index (χ4n) is 8.00. The molecule has 0 amide bonds. The molecule has 0 nitrogen and oxygen atoms in total. The summed E-state index contributed by atoms with van der Waals surface area (Å²) in [4.78, 5) is 0. The molecule has 5 rings (SSSR count). The van der Waals surface area contributed by atoms with Gasteiger partial charge in [0.1, 0.15) is 0 Å². The van der Waals surface area contributed by atoms with Crippen molar-refractivity contribution in [3.05, 3.63) is 69.3 Å². The molecule has 41 heavy (non-hydrogen) atoms. The minimum absolute atomic E-state index is 0.0902. The lowest BCUT2D eigenvalue weighted by atomic mass is 9.70. The molecule has 0 spiro atoms. The van der Waals surface area contributed by atoms with E-state index in [2.05, 4.69) is 13.0 Å². The molecular formula is C37H48F4. The molecule has 2 aromatic carbocycles. The molecule has 4 heteroatoms. The average molecular weight is 569 g/mol. The molecule has 1 atom stereocenters. The highest BCUT2D eigenvalue weighted by Gasteiger charge is 2.32. The number of allylic oxidation sites excluding steroid dienone is 2. The molecule has 0 N–H and O–H groups in total. The lowest BCUT2D eigenvalue weighted by Gasteiger charge is -2.35. The minimum Gasteiger partial charge on any atom is -0.203 e. The summed E-state index contributed by atoms with van der Waals surface area (Å²) in [6, 6.07) is 3.32. The fourth-order valence-corrected chi connectivity index (χ4v) is 8.00. The van der Waals surface area contributed by atoms with E-state index in [-0.39, 0.29) is 11.1 Å². The summed E-state index contributed by atoms with van der Waals surface area (Å²) < 4.78 is 59.8. The van der Waals surface area contributed by atoms with E-state index in [1.165, 1.54) is 76.2 Å². The van der Waals surface area contributed by atoms with Crippen LogP contribution in [0.4, 0.5) is 17.6 Å². The van der Waals surface area contributed by atoms with Crippen LogP contribution in [0.5, 0.6) is 0 Å². The molecule has 0 aromatic heterocycles. The van der Waals surface area contributed by atoms with Crippen molar-refractivity contribution in [1.29, 1.82) is 0 Å². The van der Waals surface area contributed by atoms with Gasteiger partial charge in [-0.05, 0) is 111 Å². The molecule has 0 heterocycles. The summed E-state index contributed by atoms with van der Waals surface area (Å²) in [5.41, 5.74) is 3.14. The van der Waals surface area contributed by atoms with E-state index in [1.54, 1.807) is 12.1 Å². The van der Waals surface area contributed by atoms with Gasteiger partial charge in [0.25, 0.3) is 0 Å². The first-order valence-electron chi connectivity index (χ1n) is 16.6. The molecule has 3 aliphatic carbocycles. The van der Waals surface area contributed by atoms with E-state index in [0.29, 0.717) is 47.9 Å². The number of halogens is 4. The summed E-state index contributed by atoms with van der Waals surface area (Å²) in [7, 11) is 0. The van der Waals surface area contributed by atoms with Gasteiger partial charge in [0.05, 0.1) is 0 Å². The molecule has 1 fully saturated rings. The summed E-state index contributed by atoms with van der Waals surface area (Å²) in [6.45, 7) is 4.19.